The fraction of sp³-hybridized carbons (Fsp3) is 0.353. The van der Waals surface area contributed by atoms with Crippen LogP contribution in [0.2, 0.25) is 0 Å². The van der Waals surface area contributed by atoms with Crippen molar-refractivity contribution in [1.82, 2.24) is 5.32 Å². The van der Waals surface area contributed by atoms with Crippen LogP contribution in [0.3, 0.4) is 0 Å². The molecule has 118 valence electrons. The Balaban J connectivity index is 2.09. The minimum atomic E-state index is -0.213. The van der Waals surface area contributed by atoms with Gasteiger partial charge in [-0.2, -0.15) is 0 Å². The summed E-state index contributed by atoms with van der Waals surface area (Å²) in [6.45, 7) is 2.88. The van der Waals surface area contributed by atoms with Crippen LogP contribution in [0.15, 0.2) is 40.8 Å². The third-order valence-corrected chi connectivity index (χ3v) is 3.47. The monoisotopic (exact) mass is 302 g/mol. The van der Waals surface area contributed by atoms with Gasteiger partial charge in [-0.3, -0.25) is 4.79 Å². The molecule has 0 bridgehead atoms. The maximum Gasteiger partial charge on any atom is 0.251 e. The summed E-state index contributed by atoms with van der Waals surface area (Å²) in [6.07, 6.45) is 0.649. The normalized spacial score (nSPS) is 12.1. The number of ether oxygens (including phenoxy) is 1. The van der Waals surface area contributed by atoms with Crippen LogP contribution in [-0.2, 0) is 11.3 Å². The number of carbonyl (C=O) groups excluding carboxylic acids is 1. The molecule has 3 N–H and O–H groups in total. The van der Waals surface area contributed by atoms with E-state index in [2.05, 4.69) is 5.32 Å². The molecule has 1 unspecified atom stereocenters. The molecular weight excluding hydrogens is 280 g/mol. The van der Waals surface area contributed by atoms with Crippen LogP contribution in [0.4, 0.5) is 0 Å². The van der Waals surface area contributed by atoms with E-state index in [9.17, 15) is 4.79 Å². The van der Waals surface area contributed by atoms with Gasteiger partial charge in [0, 0.05) is 25.8 Å². The zero-order chi connectivity index (χ0) is 15.9. The van der Waals surface area contributed by atoms with Gasteiger partial charge in [0.15, 0.2) is 0 Å². The van der Waals surface area contributed by atoms with Gasteiger partial charge < -0.3 is 20.2 Å². The first-order valence-corrected chi connectivity index (χ1v) is 7.29. The van der Waals surface area contributed by atoms with Crippen molar-refractivity contribution in [2.45, 2.75) is 25.9 Å². The fourth-order valence-electron chi connectivity index (χ4n) is 2.20. The van der Waals surface area contributed by atoms with Crippen LogP contribution in [0.5, 0.6) is 0 Å². The zero-order valence-corrected chi connectivity index (χ0v) is 13.0. The number of hydrogen-bond acceptors (Lipinski definition) is 4. The van der Waals surface area contributed by atoms with Gasteiger partial charge in [-0.15, -0.1) is 0 Å². The Kier molecular flexibility index (Phi) is 5.75. The molecule has 0 fully saturated rings. The van der Waals surface area contributed by atoms with Crippen LogP contribution in [0.25, 0.3) is 0 Å². The summed E-state index contributed by atoms with van der Waals surface area (Å²) < 4.78 is 10.7. The van der Waals surface area contributed by atoms with Crippen LogP contribution < -0.4 is 11.1 Å². The third-order valence-electron chi connectivity index (χ3n) is 3.47. The Morgan fingerprint density at radius 1 is 1.27 bits per heavy atom. The van der Waals surface area contributed by atoms with Gasteiger partial charge in [-0.05, 0) is 43.2 Å². The summed E-state index contributed by atoms with van der Waals surface area (Å²) in [7, 11) is 1.64. The highest BCUT2D eigenvalue weighted by Gasteiger charge is 2.18. The molecule has 1 amide bonds. The van der Waals surface area contributed by atoms with Crippen molar-refractivity contribution < 1.29 is 13.9 Å². The summed E-state index contributed by atoms with van der Waals surface area (Å²) in [4.78, 5) is 12.4. The van der Waals surface area contributed by atoms with Gasteiger partial charge in [0.1, 0.15) is 11.5 Å². The topological polar surface area (TPSA) is 77.5 Å². The summed E-state index contributed by atoms with van der Waals surface area (Å²) in [6, 6.07) is 10.8. The van der Waals surface area contributed by atoms with E-state index in [-0.39, 0.29) is 11.9 Å². The number of nitrogens with two attached hydrogens (primary N) is 1. The highest BCUT2D eigenvalue weighted by molar-refractivity contribution is 5.94. The van der Waals surface area contributed by atoms with E-state index in [1.54, 1.807) is 19.2 Å². The molecule has 22 heavy (non-hydrogen) atoms. The first kappa shape index (κ1) is 16.3. The number of aryl methyl sites for hydroxylation is 1. The van der Waals surface area contributed by atoms with E-state index >= 15 is 0 Å². The summed E-state index contributed by atoms with van der Waals surface area (Å²) in [5.41, 5.74) is 7.16. The first-order chi connectivity index (χ1) is 10.6. The second kappa shape index (κ2) is 7.77. The van der Waals surface area contributed by atoms with Gasteiger partial charge in [-0.1, -0.05) is 12.1 Å². The second-order valence-corrected chi connectivity index (χ2v) is 5.16. The maximum atomic E-state index is 12.4. The highest BCUT2D eigenvalue weighted by Crippen LogP contribution is 2.20. The highest BCUT2D eigenvalue weighted by atomic mass is 16.5. The van der Waals surface area contributed by atoms with E-state index in [0.717, 1.165) is 17.1 Å². The minimum Gasteiger partial charge on any atom is -0.464 e. The third kappa shape index (κ3) is 4.19. The molecule has 0 aliphatic carbocycles. The van der Waals surface area contributed by atoms with Crippen LogP contribution >= 0.6 is 0 Å². The number of hydrogen-bond donors (Lipinski definition) is 2. The van der Waals surface area contributed by atoms with Crippen LogP contribution in [-0.4, -0.2) is 19.6 Å². The zero-order valence-electron chi connectivity index (χ0n) is 13.0. The van der Waals surface area contributed by atoms with E-state index in [0.29, 0.717) is 25.1 Å². The molecule has 1 heterocycles. The lowest BCUT2D eigenvalue weighted by atomic mass is 10.1. The smallest absolute Gasteiger partial charge is 0.251 e. The molecule has 5 nitrogen and oxygen atoms in total. The number of methoxy groups -OCH3 is 1. The predicted molar refractivity (Wildman–Crippen MR) is 84.5 cm³/mol. The summed E-state index contributed by atoms with van der Waals surface area (Å²) in [5, 5.41) is 2.99. The average Bonchev–Trinajstić information content (AvgIpc) is 2.97. The minimum absolute atomic E-state index is 0.140. The maximum absolute atomic E-state index is 12.4. The molecule has 0 saturated heterocycles. The molecule has 1 aromatic heterocycles. The number of furan rings is 1. The first-order valence-electron chi connectivity index (χ1n) is 7.29. The summed E-state index contributed by atoms with van der Waals surface area (Å²) in [5.74, 6) is 1.42. The van der Waals surface area contributed by atoms with Crippen LogP contribution in [0, 0.1) is 6.92 Å². The Morgan fingerprint density at radius 2 is 2.00 bits per heavy atom. The Bertz CT molecular complexity index is 605. The second-order valence-electron chi connectivity index (χ2n) is 5.16. The number of benzene rings is 1. The molecular formula is C17H22N2O3. The van der Waals surface area contributed by atoms with Crippen molar-refractivity contribution in [3.8, 4) is 0 Å². The average molecular weight is 302 g/mol. The van der Waals surface area contributed by atoms with Gasteiger partial charge in [0.25, 0.3) is 5.91 Å². The van der Waals surface area contributed by atoms with Crippen molar-refractivity contribution >= 4 is 5.91 Å². The quantitative estimate of drug-likeness (QED) is 0.824. The molecule has 1 aromatic carbocycles. The molecule has 0 saturated carbocycles. The Labute approximate surface area is 130 Å². The lowest BCUT2D eigenvalue weighted by Gasteiger charge is -2.16. The molecule has 5 heteroatoms. The standard InChI is InChI=1S/C17H22N2O3/c1-12-3-8-16(22-12)15(9-10-21-2)19-17(20)14-6-4-13(11-18)5-7-14/h3-8,15H,9-11,18H2,1-2H3,(H,19,20). The molecule has 0 spiro atoms. The molecule has 2 aromatic rings. The van der Waals surface area contributed by atoms with Gasteiger partial charge in [0.05, 0.1) is 6.04 Å². The van der Waals surface area contributed by atoms with Gasteiger partial charge in [0.2, 0.25) is 0 Å². The van der Waals surface area contributed by atoms with E-state index in [1.807, 2.05) is 31.2 Å². The Hall–Kier alpha value is -2.11. The molecule has 0 aliphatic heterocycles. The molecule has 0 radical (unpaired) electrons. The van der Waals surface area contributed by atoms with Crippen molar-refractivity contribution in [3.63, 3.8) is 0 Å². The van der Waals surface area contributed by atoms with E-state index < -0.39 is 0 Å². The number of nitrogens with one attached hydrogen (secondary N) is 1. The molecule has 1 atom stereocenters. The lowest BCUT2D eigenvalue weighted by Crippen LogP contribution is -2.29. The van der Waals surface area contributed by atoms with Crippen LogP contribution in [0.1, 0.15) is 39.9 Å². The van der Waals surface area contributed by atoms with Gasteiger partial charge in [-0.25, -0.2) is 0 Å². The molecule has 2 rings (SSSR count). The van der Waals surface area contributed by atoms with E-state index in [4.69, 9.17) is 14.9 Å². The SMILES string of the molecule is COCCC(NC(=O)c1ccc(CN)cc1)c1ccc(C)o1. The molecule has 0 aliphatic rings. The predicted octanol–water partition coefficient (Wildman–Crippen LogP) is 2.55. The lowest BCUT2D eigenvalue weighted by molar-refractivity contribution is 0.0917. The van der Waals surface area contributed by atoms with E-state index in [1.165, 1.54) is 0 Å². The summed E-state index contributed by atoms with van der Waals surface area (Å²) >= 11 is 0. The van der Waals surface area contributed by atoms with Crippen molar-refractivity contribution in [2.75, 3.05) is 13.7 Å². The Morgan fingerprint density at radius 3 is 2.55 bits per heavy atom. The van der Waals surface area contributed by atoms with Crippen molar-refractivity contribution in [3.05, 3.63) is 59.0 Å². The fourth-order valence-corrected chi connectivity index (χ4v) is 2.20. The van der Waals surface area contributed by atoms with Crippen molar-refractivity contribution in [2.24, 2.45) is 5.73 Å². The number of amides is 1. The number of carbonyl (C=O) groups is 1. The van der Waals surface area contributed by atoms with Crippen molar-refractivity contribution in [1.29, 1.82) is 0 Å². The largest absolute Gasteiger partial charge is 0.464 e. The number of rotatable bonds is 7. The van der Waals surface area contributed by atoms with Gasteiger partial charge >= 0.3 is 0 Å².